The highest BCUT2D eigenvalue weighted by molar-refractivity contribution is 7.88. The van der Waals surface area contributed by atoms with Gasteiger partial charge < -0.3 is 9.50 Å². The summed E-state index contributed by atoms with van der Waals surface area (Å²) in [4.78, 5) is 0. The standard InChI is InChI=1S/C15H12Cl2F3NO3S/c1-9(11-7-6-10(16)8-12(11)17)21-13-4-2-3-5-14(13)24-25(22,23)15(18,19)20/h2-9,21H,1H3. The van der Waals surface area contributed by atoms with Crippen molar-refractivity contribution in [1.29, 1.82) is 0 Å². The fourth-order valence-electron chi connectivity index (χ4n) is 1.99. The van der Waals surface area contributed by atoms with Gasteiger partial charge in [0.05, 0.1) is 11.7 Å². The van der Waals surface area contributed by atoms with Gasteiger partial charge in [-0.15, -0.1) is 0 Å². The van der Waals surface area contributed by atoms with Gasteiger partial charge in [-0.25, -0.2) is 0 Å². The average Bonchev–Trinajstić information content (AvgIpc) is 2.47. The van der Waals surface area contributed by atoms with Crippen LogP contribution in [-0.2, 0) is 10.1 Å². The first-order valence-electron chi connectivity index (χ1n) is 6.82. The van der Waals surface area contributed by atoms with E-state index in [4.69, 9.17) is 23.2 Å². The topological polar surface area (TPSA) is 55.4 Å². The molecule has 0 saturated heterocycles. The molecule has 4 nitrogen and oxygen atoms in total. The lowest BCUT2D eigenvalue weighted by Crippen LogP contribution is -2.28. The molecule has 25 heavy (non-hydrogen) atoms. The molecule has 0 saturated carbocycles. The van der Waals surface area contributed by atoms with Crippen LogP contribution in [0.5, 0.6) is 5.75 Å². The minimum Gasteiger partial charge on any atom is -0.375 e. The van der Waals surface area contributed by atoms with E-state index in [1.165, 1.54) is 24.3 Å². The Morgan fingerprint density at radius 1 is 1.12 bits per heavy atom. The summed E-state index contributed by atoms with van der Waals surface area (Å²) in [6, 6.07) is 9.70. The molecule has 1 atom stereocenters. The predicted molar refractivity (Wildman–Crippen MR) is 90.5 cm³/mol. The number of hydrogen-bond acceptors (Lipinski definition) is 4. The van der Waals surface area contributed by atoms with E-state index in [1.807, 2.05) is 0 Å². The fourth-order valence-corrected chi connectivity index (χ4v) is 3.04. The number of halogens is 5. The maximum atomic E-state index is 12.5. The van der Waals surface area contributed by atoms with Crippen molar-refractivity contribution in [2.24, 2.45) is 0 Å². The summed E-state index contributed by atoms with van der Waals surface area (Å²) in [5, 5.41) is 3.66. The normalized spacial score (nSPS) is 13.4. The van der Waals surface area contributed by atoms with Crippen LogP contribution in [-0.4, -0.2) is 13.9 Å². The zero-order chi connectivity index (χ0) is 18.8. The van der Waals surface area contributed by atoms with Gasteiger partial charge in [-0.3, -0.25) is 0 Å². The first-order chi connectivity index (χ1) is 11.5. The van der Waals surface area contributed by atoms with Crippen molar-refractivity contribution >= 4 is 39.0 Å². The predicted octanol–water partition coefficient (Wildman–Crippen LogP) is 5.39. The van der Waals surface area contributed by atoms with Crippen LogP contribution in [0, 0.1) is 0 Å². The number of rotatable bonds is 5. The van der Waals surface area contributed by atoms with E-state index in [2.05, 4.69) is 9.50 Å². The molecule has 0 aliphatic heterocycles. The van der Waals surface area contributed by atoms with Gasteiger partial charge in [0.1, 0.15) is 0 Å². The van der Waals surface area contributed by atoms with Crippen molar-refractivity contribution < 1.29 is 25.8 Å². The molecule has 0 aromatic heterocycles. The summed E-state index contributed by atoms with van der Waals surface area (Å²) in [7, 11) is -5.77. The van der Waals surface area contributed by atoms with Crippen molar-refractivity contribution in [1.82, 2.24) is 0 Å². The first kappa shape index (κ1) is 19.7. The molecular weight excluding hydrogens is 402 g/mol. The fraction of sp³-hybridized carbons (Fsp3) is 0.200. The van der Waals surface area contributed by atoms with E-state index in [-0.39, 0.29) is 5.69 Å². The molecule has 0 fully saturated rings. The SMILES string of the molecule is CC(Nc1ccccc1OS(=O)(=O)C(F)(F)F)c1ccc(Cl)cc1Cl. The number of para-hydroxylation sites is 2. The maximum absolute atomic E-state index is 12.5. The van der Waals surface area contributed by atoms with E-state index in [9.17, 15) is 21.6 Å². The van der Waals surface area contributed by atoms with Crippen molar-refractivity contribution in [2.75, 3.05) is 5.32 Å². The smallest absolute Gasteiger partial charge is 0.375 e. The van der Waals surface area contributed by atoms with E-state index < -0.39 is 27.4 Å². The van der Waals surface area contributed by atoms with Gasteiger partial charge in [0.2, 0.25) is 0 Å². The molecule has 1 unspecified atom stereocenters. The molecule has 0 radical (unpaired) electrons. The number of alkyl halides is 3. The Hall–Kier alpha value is -1.64. The molecule has 1 N–H and O–H groups in total. The number of anilines is 1. The summed E-state index contributed by atoms with van der Waals surface area (Å²) < 4.78 is 64.2. The zero-order valence-electron chi connectivity index (χ0n) is 12.6. The summed E-state index contributed by atoms with van der Waals surface area (Å²) in [6.45, 7) is 1.70. The molecule has 0 aliphatic carbocycles. The molecule has 0 bridgehead atoms. The van der Waals surface area contributed by atoms with Crippen LogP contribution in [0.1, 0.15) is 18.5 Å². The van der Waals surface area contributed by atoms with E-state index in [0.29, 0.717) is 15.6 Å². The summed E-state index contributed by atoms with van der Waals surface area (Å²) in [5.74, 6) is -0.475. The second-order valence-corrected chi connectivity index (χ2v) is 7.39. The van der Waals surface area contributed by atoms with Gasteiger partial charge in [-0.2, -0.15) is 21.6 Å². The van der Waals surface area contributed by atoms with Gasteiger partial charge in [0.25, 0.3) is 0 Å². The van der Waals surface area contributed by atoms with E-state index in [0.717, 1.165) is 6.07 Å². The monoisotopic (exact) mass is 413 g/mol. The second kappa shape index (κ2) is 7.31. The lowest BCUT2D eigenvalue weighted by Gasteiger charge is -2.19. The average molecular weight is 414 g/mol. The van der Waals surface area contributed by atoms with Crippen LogP contribution in [0.2, 0.25) is 10.0 Å². The molecule has 0 amide bonds. The van der Waals surface area contributed by atoms with Gasteiger partial charge in [-0.05, 0) is 36.8 Å². The lowest BCUT2D eigenvalue weighted by molar-refractivity contribution is -0.0499. The Labute approximate surface area is 152 Å². The van der Waals surface area contributed by atoms with Crippen LogP contribution < -0.4 is 9.50 Å². The molecule has 2 aromatic carbocycles. The molecule has 0 heterocycles. The number of hydrogen-bond donors (Lipinski definition) is 1. The molecular formula is C15H12Cl2F3NO3S. The molecule has 2 aromatic rings. The van der Waals surface area contributed by atoms with Gasteiger partial charge >= 0.3 is 15.6 Å². The van der Waals surface area contributed by atoms with Crippen LogP contribution in [0.25, 0.3) is 0 Å². The Morgan fingerprint density at radius 3 is 2.36 bits per heavy atom. The third kappa shape index (κ3) is 4.71. The Morgan fingerprint density at radius 2 is 1.76 bits per heavy atom. The number of benzene rings is 2. The molecule has 10 heteroatoms. The van der Waals surface area contributed by atoms with Crippen LogP contribution in [0.15, 0.2) is 42.5 Å². The van der Waals surface area contributed by atoms with E-state index in [1.54, 1.807) is 19.1 Å². The maximum Gasteiger partial charge on any atom is 0.534 e. The molecule has 0 aliphatic rings. The van der Waals surface area contributed by atoms with Crippen LogP contribution in [0.4, 0.5) is 18.9 Å². The van der Waals surface area contributed by atoms with Gasteiger partial charge in [0, 0.05) is 10.0 Å². The minimum absolute atomic E-state index is 0.0637. The highest BCUT2D eigenvalue weighted by atomic mass is 35.5. The highest BCUT2D eigenvalue weighted by Gasteiger charge is 2.48. The van der Waals surface area contributed by atoms with Crippen LogP contribution >= 0.6 is 23.2 Å². The summed E-state index contributed by atoms with van der Waals surface area (Å²) in [5.41, 5.74) is -4.83. The van der Waals surface area contributed by atoms with Crippen molar-refractivity contribution in [3.63, 3.8) is 0 Å². The molecule has 136 valence electrons. The Balaban J connectivity index is 2.29. The summed E-state index contributed by atoms with van der Waals surface area (Å²) >= 11 is 11.9. The molecule has 2 rings (SSSR count). The second-order valence-electron chi connectivity index (χ2n) is 5.01. The Kier molecular flexibility index (Phi) is 5.75. The minimum atomic E-state index is -5.77. The van der Waals surface area contributed by atoms with Crippen molar-refractivity contribution in [3.05, 3.63) is 58.1 Å². The highest BCUT2D eigenvalue weighted by Crippen LogP contribution is 2.34. The molecule has 0 spiro atoms. The Bertz CT molecular complexity index is 873. The largest absolute Gasteiger partial charge is 0.534 e. The van der Waals surface area contributed by atoms with Crippen molar-refractivity contribution in [2.45, 2.75) is 18.5 Å². The van der Waals surface area contributed by atoms with Crippen molar-refractivity contribution in [3.8, 4) is 5.75 Å². The third-order valence-corrected chi connectivity index (χ3v) is 4.70. The van der Waals surface area contributed by atoms with Crippen LogP contribution in [0.3, 0.4) is 0 Å². The van der Waals surface area contributed by atoms with Gasteiger partial charge in [-0.1, -0.05) is 41.4 Å². The lowest BCUT2D eigenvalue weighted by atomic mass is 10.1. The number of nitrogens with one attached hydrogen (secondary N) is 1. The quantitative estimate of drug-likeness (QED) is 0.526. The summed E-state index contributed by atoms with van der Waals surface area (Å²) in [6.07, 6.45) is 0. The first-order valence-corrected chi connectivity index (χ1v) is 8.99. The zero-order valence-corrected chi connectivity index (χ0v) is 15.0. The van der Waals surface area contributed by atoms with Gasteiger partial charge in [0.15, 0.2) is 5.75 Å². The third-order valence-electron chi connectivity index (χ3n) is 3.17. The van der Waals surface area contributed by atoms with E-state index >= 15 is 0 Å².